The number of hydrogen-bond donors (Lipinski definition) is 1. The number of nitrogens with one attached hydrogen (secondary N) is 1. The highest BCUT2D eigenvalue weighted by molar-refractivity contribution is 6.26. The lowest BCUT2D eigenvalue weighted by atomic mass is 10.1. The minimum Gasteiger partial charge on any atom is -0.354 e. The van der Waals surface area contributed by atoms with Crippen molar-refractivity contribution < 1.29 is 0 Å². The zero-order valence-corrected chi connectivity index (χ0v) is 9.30. The Balaban J connectivity index is 2.33. The van der Waals surface area contributed by atoms with E-state index in [1.165, 1.54) is 11.3 Å². The summed E-state index contributed by atoms with van der Waals surface area (Å²) >= 11 is 6.55. The lowest BCUT2D eigenvalue weighted by Gasteiger charge is -2.31. The van der Waals surface area contributed by atoms with Crippen LogP contribution in [0.25, 0.3) is 0 Å². The van der Waals surface area contributed by atoms with Crippen LogP contribution in [-0.4, -0.2) is 25.6 Å². The number of rotatable bonds is 2. The maximum atomic E-state index is 6.55. The number of hydrogen-bond acceptors (Lipinski definition) is 2. The summed E-state index contributed by atoms with van der Waals surface area (Å²) < 4.78 is 0. The number of alkyl halides is 1. The number of halogens is 1. The molecule has 0 saturated heterocycles. The Morgan fingerprint density at radius 3 is 2.86 bits per heavy atom. The molecule has 2 rings (SSSR count). The highest BCUT2D eigenvalue weighted by Crippen LogP contribution is 2.39. The molecule has 1 aromatic rings. The van der Waals surface area contributed by atoms with Gasteiger partial charge in [0.2, 0.25) is 0 Å². The Kier molecular flexibility index (Phi) is 2.41. The highest BCUT2D eigenvalue weighted by Gasteiger charge is 2.38. The minimum atomic E-state index is -0.293. The number of fused-ring (bicyclic) bond motifs is 1. The molecule has 2 nitrogen and oxygen atoms in total. The van der Waals surface area contributed by atoms with Crippen LogP contribution in [-0.2, 0) is 6.42 Å². The van der Waals surface area contributed by atoms with Crippen LogP contribution < -0.4 is 10.2 Å². The molecule has 1 aliphatic rings. The largest absolute Gasteiger partial charge is 0.354 e. The fourth-order valence-electron chi connectivity index (χ4n) is 2.07. The van der Waals surface area contributed by atoms with Crippen LogP contribution in [0.5, 0.6) is 0 Å². The Bertz CT molecular complexity index is 340. The maximum absolute atomic E-state index is 6.55. The van der Waals surface area contributed by atoms with Gasteiger partial charge in [0.1, 0.15) is 5.00 Å². The first-order valence-electron chi connectivity index (χ1n) is 4.82. The Morgan fingerprint density at radius 1 is 1.50 bits per heavy atom. The smallest absolute Gasteiger partial charge is 0.131 e. The van der Waals surface area contributed by atoms with Gasteiger partial charge in [-0.25, -0.2) is 0 Å². The Morgan fingerprint density at radius 2 is 2.21 bits per heavy atom. The third kappa shape index (κ3) is 1.39. The molecule has 76 valence electrons. The fourth-order valence-corrected chi connectivity index (χ4v) is 2.43. The van der Waals surface area contributed by atoms with Gasteiger partial charge in [-0.15, -0.1) is 0 Å². The molecule has 1 unspecified atom stereocenters. The molecular formula is C11H15ClN2. The highest BCUT2D eigenvalue weighted by atomic mass is 35.5. The first-order valence-corrected chi connectivity index (χ1v) is 5.20. The molecule has 0 bridgehead atoms. The first kappa shape index (κ1) is 9.81. The zero-order chi connectivity index (χ0) is 10.2. The molecular weight excluding hydrogens is 196 g/mol. The monoisotopic (exact) mass is 210 g/mol. The summed E-state index contributed by atoms with van der Waals surface area (Å²) in [6.45, 7) is 0.791. The van der Waals surface area contributed by atoms with Crippen LogP contribution in [0.1, 0.15) is 5.56 Å². The van der Waals surface area contributed by atoms with E-state index in [2.05, 4.69) is 41.5 Å². The normalized spacial score (nSPS) is 25.2. The predicted octanol–water partition coefficient (Wildman–Crippen LogP) is 1.83. The van der Waals surface area contributed by atoms with Gasteiger partial charge in [-0.1, -0.05) is 29.8 Å². The van der Waals surface area contributed by atoms with Gasteiger partial charge in [0, 0.05) is 25.7 Å². The van der Waals surface area contributed by atoms with Crippen molar-refractivity contribution in [1.29, 1.82) is 0 Å². The van der Waals surface area contributed by atoms with Crippen molar-refractivity contribution >= 4 is 17.3 Å². The third-order valence-electron chi connectivity index (χ3n) is 2.86. The fraction of sp³-hybridized carbons (Fsp3) is 0.455. The van der Waals surface area contributed by atoms with Gasteiger partial charge in [0.05, 0.1) is 0 Å². The quantitative estimate of drug-likeness (QED) is 0.592. The average Bonchev–Trinajstić information content (AvgIpc) is 2.41. The van der Waals surface area contributed by atoms with E-state index in [1.54, 1.807) is 0 Å². The van der Waals surface area contributed by atoms with E-state index in [1.807, 2.05) is 7.05 Å². The second-order valence-corrected chi connectivity index (χ2v) is 4.52. The molecule has 1 aliphatic heterocycles. The summed E-state index contributed by atoms with van der Waals surface area (Å²) in [4.78, 5) is 1.86. The molecule has 3 heteroatoms. The topological polar surface area (TPSA) is 15.3 Å². The Hall–Kier alpha value is -0.730. The van der Waals surface area contributed by atoms with Crippen molar-refractivity contribution in [1.82, 2.24) is 5.32 Å². The summed E-state index contributed by atoms with van der Waals surface area (Å²) in [6.07, 6.45) is 0.905. The van der Waals surface area contributed by atoms with Gasteiger partial charge in [-0.2, -0.15) is 0 Å². The van der Waals surface area contributed by atoms with Crippen molar-refractivity contribution in [3.8, 4) is 0 Å². The maximum Gasteiger partial charge on any atom is 0.131 e. The third-order valence-corrected chi connectivity index (χ3v) is 3.38. The number of benzene rings is 1. The molecule has 1 N–H and O–H groups in total. The van der Waals surface area contributed by atoms with Crippen LogP contribution in [0, 0.1) is 0 Å². The molecule has 1 atom stereocenters. The van der Waals surface area contributed by atoms with Crippen molar-refractivity contribution in [3.05, 3.63) is 29.8 Å². The minimum absolute atomic E-state index is 0.293. The summed E-state index contributed by atoms with van der Waals surface area (Å²) in [7, 11) is 3.98. The van der Waals surface area contributed by atoms with Gasteiger partial charge >= 0.3 is 0 Å². The van der Waals surface area contributed by atoms with E-state index in [4.69, 9.17) is 11.6 Å². The van der Waals surface area contributed by atoms with E-state index < -0.39 is 0 Å². The molecule has 0 aromatic heterocycles. The van der Waals surface area contributed by atoms with Gasteiger partial charge in [-0.3, -0.25) is 0 Å². The van der Waals surface area contributed by atoms with Crippen molar-refractivity contribution in [2.24, 2.45) is 0 Å². The van der Waals surface area contributed by atoms with Gasteiger partial charge in [0.25, 0.3) is 0 Å². The molecule has 1 heterocycles. The van der Waals surface area contributed by atoms with Crippen molar-refractivity contribution in [2.75, 3.05) is 25.5 Å². The first-order chi connectivity index (χ1) is 6.67. The van der Waals surface area contributed by atoms with Gasteiger partial charge < -0.3 is 10.2 Å². The standard InChI is InChI=1S/C11H15ClN2/c1-13-8-11(12)7-9-5-3-4-6-10(9)14(11)2/h3-6,13H,7-8H2,1-2H3. The lowest BCUT2D eigenvalue weighted by Crippen LogP contribution is -2.46. The summed E-state index contributed by atoms with van der Waals surface area (Å²) in [5.41, 5.74) is 2.58. The van der Waals surface area contributed by atoms with Crippen LogP contribution in [0.2, 0.25) is 0 Å². The summed E-state index contributed by atoms with van der Waals surface area (Å²) in [5, 5.41) is 3.14. The van der Waals surface area contributed by atoms with Crippen molar-refractivity contribution in [3.63, 3.8) is 0 Å². The molecule has 0 amide bonds. The lowest BCUT2D eigenvalue weighted by molar-refractivity contribution is 0.554. The number of nitrogens with zero attached hydrogens (tertiary/aromatic N) is 1. The molecule has 0 spiro atoms. The average molecular weight is 211 g/mol. The number of anilines is 1. The predicted molar refractivity (Wildman–Crippen MR) is 61.1 cm³/mol. The summed E-state index contributed by atoms with van der Waals surface area (Å²) in [6, 6.07) is 8.38. The number of likely N-dealkylation sites (N-methyl/N-ethyl adjacent to an activating group) is 2. The molecule has 0 aliphatic carbocycles. The van der Waals surface area contributed by atoms with Crippen LogP contribution >= 0.6 is 11.6 Å². The second kappa shape index (κ2) is 3.44. The summed E-state index contributed by atoms with van der Waals surface area (Å²) in [5.74, 6) is 0. The van der Waals surface area contributed by atoms with E-state index in [0.29, 0.717) is 0 Å². The van der Waals surface area contributed by atoms with Crippen molar-refractivity contribution in [2.45, 2.75) is 11.4 Å². The van der Waals surface area contributed by atoms with E-state index in [-0.39, 0.29) is 5.00 Å². The molecule has 0 fully saturated rings. The SMILES string of the molecule is CNCC1(Cl)Cc2ccccc2N1C. The number of para-hydroxylation sites is 1. The van der Waals surface area contributed by atoms with E-state index >= 15 is 0 Å². The molecule has 0 radical (unpaired) electrons. The van der Waals surface area contributed by atoms with E-state index in [0.717, 1.165) is 13.0 Å². The molecule has 1 aromatic carbocycles. The molecule has 0 saturated carbocycles. The second-order valence-electron chi connectivity index (χ2n) is 3.81. The van der Waals surface area contributed by atoms with Crippen LogP contribution in [0.15, 0.2) is 24.3 Å². The van der Waals surface area contributed by atoms with Crippen LogP contribution in [0.4, 0.5) is 5.69 Å². The zero-order valence-electron chi connectivity index (χ0n) is 8.55. The van der Waals surface area contributed by atoms with Gasteiger partial charge in [0.15, 0.2) is 0 Å². The molecule has 14 heavy (non-hydrogen) atoms. The Labute approximate surface area is 89.9 Å². The van der Waals surface area contributed by atoms with E-state index in [9.17, 15) is 0 Å². The van der Waals surface area contributed by atoms with Crippen LogP contribution in [0.3, 0.4) is 0 Å². The van der Waals surface area contributed by atoms with Gasteiger partial charge in [-0.05, 0) is 18.7 Å².